The topological polar surface area (TPSA) is 100 Å². The first-order chi connectivity index (χ1) is 12.6. The molecule has 8 heteroatoms. The van der Waals surface area contributed by atoms with E-state index in [1.165, 1.54) is 6.20 Å². The molecule has 0 atom stereocenters. The molecule has 2 N–H and O–H groups in total. The number of hydrogen-bond acceptors (Lipinski definition) is 5. The Balaban J connectivity index is 1.39. The highest BCUT2D eigenvalue weighted by Crippen LogP contribution is 2.26. The third-order valence-corrected chi connectivity index (χ3v) is 5.09. The van der Waals surface area contributed by atoms with Crippen molar-refractivity contribution in [2.45, 2.75) is 38.9 Å². The lowest BCUT2D eigenvalue weighted by molar-refractivity contribution is -0.127. The van der Waals surface area contributed by atoms with E-state index in [1.54, 1.807) is 12.1 Å². The Morgan fingerprint density at radius 3 is 2.77 bits per heavy atom. The largest absolute Gasteiger partial charge is 0.478 e. The van der Waals surface area contributed by atoms with Crippen LogP contribution in [0, 0.1) is 5.92 Å². The van der Waals surface area contributed by atoms with Crippen LogP contribution in [0.3, 0.4) is 0 Å². The van der Waals surface area contributed by atoms with Crippen molar-refractivity contribution < 1.29 is 14.7 Å². The lowest BCUT2D eigenvalue weighted by Crippen LogP contribution is -2.34. The number of rotatable bonds is 5. The minimum atomic E-state index is -0.977. The summed E-state index contributed by atoms with van der Waals surface area (Å²) in [7, 11) is 0. The van der Waals surface area contributed by atoms with Crippen LogP contribution in [0.4, 0.5) is 5.82 Å². The van der Waals surface area contributed by atoms with Crippen molar-refractivity contribution in [1.82, 2.24) is 20.1 Å². The maximum Gasteiger partial charge on any atom is 0.337 e. The van der Waals surface area contributed by atoms with Crippen LogP contribution < -0.4 is 10.2 Å². The van der Waals surface area contributed by atoms with Gasteiger partial charge in [0.1, 0.15) is 5.82 Å². The second kappa shape index (κ2) is 6.78. The number of carboxylic acids is 1. The Morgan fingerprint density at radius 1 is 1.27 bits per heavy atom. The van der Waals surface area contributed by atoms with Crippen LogP contribution in [0.2, 0.25) is 0 Å². The number of aromatic nitrogens is 3. The summed E-state index contributed by atoms with van der Waals surface area (Å²) in [6.07, 6.45) is 4.52. The van der Waals surface area contributed by atoms with Crippen molar-refractivity contribution >= 4 is 17.7 Å². The van der Waals surface area contributed by atoms with Crippen molar-refractivity contribution in [2.75, 3.05) is 11.4 Å². The molecule has 1 aliphatic carbocycles. The maximum atomic E-state index is 12.0. The van der Waals surface area contributed by atoms with Gasteiger partial charge in [0.25, 0.3) is 0 Å². The molecule has 2 aliphatic rings. The number of nitrogens with zero attached hydrogens (tertiary/aromatic N) is 4. The van der Waals surface area contributed by atoms with Crippen LogP contribution in [0.25, 0.3) is 0 Å². The first kappa shape index (κ1) is 16.6. The summed E-state index contributed by atoms with van der Waals surface area (Å²) in [6.45, 7) is 2.60. The minimum Gasteiger partial charge on any atom is -0.478 e. The third-order valence-electron chi connectivity index (χ3n) is 5.09. The third kappa shape index (κ3) is 3.26. The lowest BCUT2D eigenvalue weighted by Gasteiger charge is -2.28. The fourth-order valence-electron chi connectivity index (χ4n) is 3.30. The lowest BCUT2D eigenvalue weighted by atomic mass is 9.85. The Kier molecular flexibility index (Phi) is 4.32. The number of aromatic carboxylic acids is 1. The van der Waals surface area contributed by atoms with Gasteiger partial charge in [-0.15, -0.1) is 0 Å². The molecule has 0 aromatic carbocycles. The first-order valence-corrected chi connectivity index (χ1v) is 8.88. The monoisotopic (exact) mass is 355 g/mol. The Morgan fingerprint density at radius 2 is 2.12 bits per heavy atom. The molecule has 0 spiro atoms. The number of carbonyl (C=O) groups excluding carboxylic acids is 1. The highest BCUT2D eigenvalue weighted by Gasteiger charge is 2.25. The van der Waals surface area contributed by atoms with Crippen LogP contribution >= 0.6 is 0 Å². The van der Waals surface area contributed by atoms with Gasteiger partial charge in [-0.05, 0) is 31.0 Å². The van der Waals surface area contributed by atoms with Crippen LogP contribution in [0.5, 0.6) is 0 Å². The molecule has 0 radical (unpaired) electrons. The fraction of sp³-hybridized carbons (Fsp3) is 0.444. The van der Waals surface area contributed by atoms with E-state index in [2.05, 4.69) is 20.3 Å². The van der Waals surface area contributed by atoms with Gasteiger partial charge in [0.15, 0.2) is 0 Å². The molecule has 1 amide bonds. The number of fused-ring (bicyclic) bond motifs is 1. The number of hydrogen-bond donors (Lipinski definition) is 2. The molecule has 1 aliphatic heterocycles. The quantitative estimate of drug-likeness (QED) is 0.841. The first-order valence-electron chi connectivity index (χ1n) is 8.88. The van der Waals surface area contributed by atoms with Gasteiger partial charge < -0.3 is 15.3 Å². The molecule has 0 bridgehead atoms. The normalized spacial score (nSPS) is 16.7. The van der Waals surface area contributed by atoms with Crippen molar-refractivity contribution in [2.24, 2.45) is 5.92 Å². The number of anilines is 1. The summed E-state index contributed by atoms with van der Waals surface area (Å²) in [6, 6.07) is 5.31. The standard InChI is InChI=1S/C18H21N5O3/c24-17(12-2-1-3-12)20-10-14-8-15-11-22(6-7-23(15)21-14)16-5-4-13(9-19-16)18(25)26/h4-5,8-9,12H,1-3,6-7,10-11H2,(H,20,24)(H,25,26). The summed E-state index contributed by atoms with van der Waals surface area (Å²) in [5.74, 6) is 0.0887. The number of amides is 1. The molecule has 3 heterocycles. The highest BCUT2D eigenvalue weighted by molar-refractivity contribution is 5.87. The average Bonchev–Trinajstić information content (AvgIpc) is 3.00. The molecule has 4 rings (SSSR count). The van der Waals surface area contributed by atoms with E-state index >= 15 is 0 Å². The van der Waals surface area contributed by atoms with E-state index in [4.69, 9.17) is 5.11 Å². The highest BCUT2D eigenvalue weighted by atomic mass is 16.4. The number of nitrogens with one attached hydrogen (secondary N) is 1. The molecular formula is C18H21N5O3. The molecule has 26 heavy (non-hydrogen) atoms. The van der Waals surface area contributed by atoms with Crippen molar-refractivity contribution in [3.8, 4) is 0 Å². The van der Waals surface area contributed by atoms with Gasteiger partial charge in [-0.1, -0.05) is 6.42 Å². The fourth-order valence-corrected chi connectivity index (χ4v) is 3.30. The van der Waals surface area contributed by atoms with Gasteiger partial charge >= 0.3 is 5.97 Å². The van der Waals surface area contributed by atoms with Gasteiger partial charge in [0.2, 0.25) is 5.91 Å². The van der Waals surface area contributed by atoms with Crippen molar-refractivity contribution in [3.63, 3.8) is 0 Å². The molecular weight excluding hydrogens is 334 g/mol. The molecule has 1 saturated carbocycles. The number of carbonyl (C=O) groups is 2. The van der Waals surface area contributed by atoms with Crippen LogP contribution in [0.1, 0.15) is 41.0 Å². The molecule has 0 unspecified atom stereocenters. The molecule has 2 aromatic heterocycles. The van der Waals surface area contributed by atoms with Gasteiger partial charge in [-0.3, -0.25) is 9.48 Å². The Hall–Kier alpha value is -2.90. The van der Waals surface area contributed by atoms with Crippen LogP contribution in [0.15, 0.2) is 24.4 Å². The minimum absolute atomic E-state index is 0.131. The van der Waals surface area contributed by atoms with E-state index in [1.807, 2.05) is 10.7 Å². The molecule has 0 saturated heterocycles. The van der Waals surface area contributed by atoms with E-state index in [0.717, 1.165) is 49.6 Å². The van der Waals surface area contributed by atoms with E-state index in [9.17, 15) is 9.59 Å². The molecule has 136 valence electrons. The van der Waals surface area contributed by atoms with E-state index < -0.39 is 5.97 Å². The predicted octanol–water partition coefficient (Wildman–Crippen LogP) is 1.41. The summed E-state index contributed by atoms with van der Waals surface area (Å²) < 4.78 is 1.97. The Labute approximate surface area is 150 Å². The average molecular weight is 355 g/mol. The van der Waals surface area contributed by atoms with E-state index in [-0.39, 0.29) is 17.4 Å². The summed E-state index contributed by atoms with van der Waals surface area (Å²) in [5, 5.41) is 16.5. The van der Waals surface area contributed by atoms with Crippen LogP contribution in [-0.2, 0) is 24.4 Å². The van der Waals surface area contributed by atoms with Crippen LogP contribution in [-0.4, -0.2) is 38.3 Å². The van der Waals surface area contributed by atoms with Gasteiger partial charge in [-0.2, -0.15) is 5.10 Å². The van der Waals surface area contributed by atoms with Crippen molar-refractivity contribution in [3.05, 3.63) is 41.3 Å². The van der Waals surface area contributed by atoms with E-state index in [0.29, 0.717) is 13.1 Å². The summed E-state index contributed by atoms with van der Waals surface area (Å²) in [5.41, 5.74) is 2.11. The predicted molar refractivity (Wildman–Crippen MR) is 93.7 cm³/mol. The van der Waals surface area contributed by atoms with Gasteiger partial charge in [-0.25, -0.2) is 9.78 Å². The second-order valence-electron chi connectivity index (χ2n) is 6.83. The molecule has 2 aromatic rings. The zero-order chi connectivity index (χ0) is 18.1. The molecule has 8 nitrogen and oxygen atoms in total. The SMILES string of the molecule is O=C(O)c1ccc(N2CCn3nc(CNC(=O)C4CCC4)cc3C2)nc1. The molecule has 1 fully saturated rings. The maximum absolute atomic E-state index is 12.0. The smallest absolute Gasteiger partial charge is 0.337 e. The van der Waals surface area contributed by atoms with Gasteiger partial charge in [0, 0.05) is 18.7 Å². The number of carboxylic acid groups (broad SMARTS) is 1. The zero-order valence-electron chi connectivity index (χ0n) is 14.4. The summed E-state index contributed by atoms with van der Waals surface area (Å²) in [4.78, 5) is 29.2. The summed E-state index contributed by atoms with van der Waals surface area (Å²) >= 11 is 0. The number of pyridine rings is 1. The Bertz CT molecular complexity index is 826. The van der Waals surface area contributed by atoms with Crippen molar-refractivity contribution in [1.29, 1.82) is 0 Å². The second-order valence-corrected chi connectivity index (χ2v) is 6.83. The van der Waals surface area contributed by atoms with Gasteiger partial charge in [0.05, 0.1) is 36.6 Å². The zero-order valence-corrected chi connectivity index (χ0v) is 14.4.